The van der Waals surface area contributed by atoms with Crippen LogP contribution in [0.3, 0.4) is 0 Å². The maximum atomic E-state index is 14.5. The first-order valence-corrected chi connectivity index (χ1v) is 7.38. The van der Waals surface area contributed by atoms with Crippen LogP contribution in [0.25, 0.3) is 0 Å². The molecule has 1 amide bonds. The fourth-order valence-electron chi connectivity index (χ4n) is 2.32. The van der Waals surface area contributed by atoms with Crippen LogP contribution in [0.4, 0.5) is 25.8 Å². The van der Waals surface area contributed by atoms with E-state index in [-0.39, 0.29) is 34.1 Å². The van der Waals surface area contributed by atoms with Crippen LogP contribution >= 0.6 is 0 Å². The number of ether oxygens (including phenoxy) is 1. The lowest BCUT2D eigenvalue weighted by Gasteiger charge is -2.13. The lowest BCUT2D eigenvalue weighted by atomic mass is 10.1. The van der Waals surface area contributed by atoms with E-state index >= 15 is 0 Å². The minimum atomic E-state index is -1.15. The second-order valence-electron chi connectivity index (χ2n) is 5.19. The molecule has 0 unspecified atom stereocenters. The number of rotatable bonds is 5. The van der Waals surface area contributed by atoms with Gasteiger partial charge in [-0.05, 0) is 24.3 Å². The number of hydrogen-bond donors (Lipinski definition) is 5. The molecule has 6 N–H and O–H groups in total. The number of nitrogens with two attached hydrogens (primary N) is 1. The van der Waals surface area contributed by atoms with Gasteiger partial charge in [0.15, 0.2) is 0 Å². The van der Waals surface area contributed by atoms with Gasteiger partial charge in [-0.2, -0.15) is 0 Å². The van der Waals surface area contributed by atoms with Crippen LogP contribution < -0.4 is 16.4 Å². The van der Waals surface area contributed by atoms with E-state index in [1.807, 2.05) is 0 Å². The third kappa shape index (κ3) is 3.46. The van der Waals surface area contributed by atoms with Gasteiger partial charge in [0, 0.05) is 30.3 Å². The van der Waals surface area contributed by atoms with E-state index in [2.05, 4.69) is 10.6 Å². The van der Waals surface area contributed by atoms with Crippen LogP contribution in [0, 0.1) is 22.5 Å². The van der Waals surface area contributed by atoms with Gasteiger partial charge >= 0.3 is 0 Å². The predicted octanol–water partition coefficient (Wildman–Crippen LogP) is 2.81. The quantitative estimate of drug-likeness (QED) is 0.319. The summed E-state index contributed by atoms with van der Waals surface area (Å²) in [7, 11) is 2.74. The third-order valence-electron chi connectivity index (χ3n) is 3.66. The van der Waals surface area contributed by atoms with Gasteiger partial charge in [0.2, 0.25) is 5.90 Å². The van der Waals surface area contributed by atoms with Crippen molar-refractivity contribution in [2.75, 3.05) is 30.5 Å². The monoisotopic (exact) mass is 361 g/mol. The lowest BCUT2D eigenvalue weighted by Crippen LogP contribution is -2.18. The summed E-state index contributed by atoms with van der Waals surface area (Å²) in [4.78, 5) is 12.4. The maximum absolute atomic E-state index is 14.5. The van der Waals surface area contributed by atoms with Gasteiger partial charge in [0.1, 0.15) is 17.2 Å². The summed E-state index contributed by atoms with van der Waals surface area (Å²) in [6.45, 7) is 0. The molecule has 7 nitrogen and oxygen atoms in total. The van der Waals surface area contributed by atoms with Crippen molar-refractivity contribution in [2.45, 2.75) is 0 Å². The van der Waals surface area contributed by atoms with Crippen molar-refractivity contribution in [1.29, 1.82) is 10.8 Å². The Labute approximate surface area is 148 Å². The van der Waals surface area contributed by atoms with Crippen LogP contribution in [-0.2, 0) is 4.74 Å². The molecular formula is C17H17F2N5O2. The van der Waals surface area contributed by atoms with Gasteiger partial charge in [0.25, 0.3) is 5.91 Å². The SMILES string of the molecule is CNc1cc(F)c(C(=O)Nc2ccc(N)c(C(=N)OC)c2)c(F)c1C=N. The van der Waals surface area contributed by atoms with Gasteiger partial charge in [-0.1, -0.05) is 0 Å². The second-order valence-corrected chi connectivity index (χ2v) is 5.19. The van der Waals surface area contributed by atoms with E-state index in [0.29, 0.717) is 6.21 Å². The molecule has 26 heavy (non-hydrogen) atoms. The number of hydrogen-bond acceptors (Lipinski definition) is 6. The number of carbonyl (C=O) groups is 1. The first-order chi connectivity index (χ1) is 12.3. The van der Waals surface area contributed by atoms with Crippen molar-refractivity contribution in [1.82, 2.24) is 0 Å². The second kappa shape index (κ2) is 7.60. The summed E-state index contributed by atoms with van der Waals surface area (Å²) in [6.07, 6.45) is 0.693. The summed E-state index contributed by atoms with van der Waals surface area (Å²) in [5.74, 6) is -3.48. The Morgan fingerprint density at radius 1 is 1.31 bits per heavy atom. The molecule has 0 aliphatic carbocycles. The Balaban J connectivity index is 2.43. The zero-order chi connectivity index (χ0) is 19.4. The number of methoxy groups -OCH3 is 1. The number of nitrogen functional groups attached to an aromatic ring is 1. The van der Waals surface area contributed by atoms with Crippen LogP contribution in [0.15, 0.2) is 24.3 Å². The van der Waals surface area contributed by atoms with Crippen molar-refractivity contribution in [3.63, 3.8) is 0 Å². The summed E-state index contributed by atoms with van der Waals surface area (Å²) >= 11 is 0. The number of benzene rings is 2. The molecule has 2 aromatic carbocycles. The van der Waals surface area contributed by atoms with Gasteiger partial charge in [-0.25, -0.2) is 8.78 Å². The molecule has 2 aromatic rings. The van der Waals surface area contributed by atoms with E-state index < -0.39 is 23.1 Å². The van der Waals surface area contributed by atoms with Crippen LogP contribution in [0.1, 0.15) is 21.5 Å². The average Bonchev–Trinajstić information content (AvgIpc) is 2.62. The normalized spacial score (nSPS) is 10.2. The van der Waals surface area contributed by atoms with Crippen molar-refractivity contribution in [3.8, 4) is 0 Å². The van der Waals surface area contributed by atoms with Crippen molar-refractivity contribution in [2.24, 2.45) is 0 Å². The molecule has 0 saturated carbocycles. The molecule has 0 heterocycles. The highest BCUT2D eigenvalue weighted by molar-refractivity contribution is 6.07. The van der Waals surface area contributed by atoms with E-state index in [9.17, 15) is 13.6 Å². The third-order valence-corrected chi connectivity index (χ3v) is 3.66. The molecule has 0 spiro atoms. The fraction of sp³-hybridized carbons (Fsp3) is 0.118. The highest BCUT2D eigenvalue weighted by atomic mass is 19.1. The molecule has 0 saturated heterocycles. The minimum absolute atomic E-state index is 0.0508. The molecule has 0 radical (unpaired) electrons. The summed E-state index contributed by atoms with van der Waals surface area (Å²) in [5.41, 5.74) is 5.38. The highest BCUT2D eigenvalue weighted by Crippen LogP contribution is 2.25. The molecule has 0 fully saturated rings. The Bertz CT molecular complexity index is 899. The lowest BCUT2D eigenvalue weighted by molar-refractivity contribution is 0.101. The molecule has 0 atom stereocenters. The Morgan fingerprint density at radius 3 is 2.58 bits per heavy atom. The van der Waals surface area contributed by atoms with Crippen molar-refractivity contribution < 1.29 is 18.3 Å². The van der Waals surface area contributed by atoms with E-state index in [4.69, 9.17) is 21.3 Å². The number of anilines is 3. The first kappa shape index (κ1) is 18.8. The maximum Gasteiger partial charge on any atom is 0.261 e. The van der Waals surface area contributed by atoms with Crippen LogP contribution in [0.2, 0.25) is 0 Å². The van der Waals surface area contributed by atoms with Gasteiger partial charge < -0.3 is 26.5 Å². The highest BCUT2D eigenvalue weighted by Gasteiger charge is 2.23. The largest absolute Gasteiger partial charge is 0.481 e. The van der Waals surface area contributed by atoms with Crippen LogP contribution in [-0.4, -0.2) is 32.2 Å². The fourth-order valence-corrected chi connectivity index (χ4v) is 2.32. The van der Waals surface area contributed by atoms with Crippen molar-refractivity contribution in [3.05, 3.63) is 52.6 Å². The zero-order valence-electron chi connectivity index (χ0n) is 14.0. The molecule has 0 aromatic heterocycles. The zero-order valence-corrected chi connectivity index (χ0v) is 14.0. The molecule has 0 aliphatic rings. The number of nitrogens with one attached hydrogen (secondary N) is 4. The van der Waals surface area contributed by atoms with Crippen molar-refractivity contribution >= 4 is 35.1 Å². The first-order valence-electron chi connectivity index (χ1n) is 7.38. The van der Waals surface area contributed by atoms with E-state index in [1.54, 1.807) is 0 Å². The summed E-state index contributed by atoms with van der Waals surface area (Å²) < 4.78 is 33.5. The number of carbonyl (C=O) groups excluding carboxylic acids is 1. The molecule has 9 heteroatoms. The van der Waals surface area contributed by atoms with E-state index in [0.717, 1.165) is 6.07 Å². The average molecular weight is 361 g/mol. The van der Waals surface area contributed by atoms with Gasteiger partial charge in [0.05, 0.1) is 18.2 Å². The number of halogens is 2. The molecule has 0 bridgehead atoms. The van der Waals surface area contributed by atoms with Gasteiger partial charge in [-0.3, -0.25) is 10.2 Å². The predicted molar refractivity (Wildman–Crippen MR) is 96.4 cm³/mol. The Hall–Kier alpha value is -3.49. The Morgan fingerprint density at radius 2 is 2.00 bits per heavy atom. The summed E-state index contributed by atoms with van der Waals surface area (Å²) in [5, 5.41) is 19.8. The van der Waals surface area contributed by atoms with Crippen LogP contribution in [0.5, 0.6) is 0 Å². The Kier molecular flexibility index (Phi) is 5.51. The molecule has 136 valence electrons. The standard InChI is InChI=1S/C17H17F2N5O2/c1-23-13-6-11(18)14(15(19)10(13)7-20)17(25)24-8-3-4-12(21)9(5-8)16(22)26-2/h3-7,20,22-23H,21H2,1-2H3,(H,24,25). The molecule has 0 aliphatic heterocycles. The van der Waals surface area contributed by atoms with E-state index in [1.165, 1.54) is 32.4 Å². The topological polar surface area (TPSA) is 124 Å². The molecule has 2 rings (SSSR count). The minimum Gasteiger partial charge on any atom is -0.481 e. The smallest absolute Gasteiger partial charge is 0.261 e. The number of amides is 1. The summed E-state index contributed by atoms with van der Waals surface area (Å²) in [6, 6.07) is 5.15. The molecular weight excluding hydrogens is 344 g/mol. The van der Waals surface area contributed by atoms with Gasteiger partial charge in [-0.15, -0.1) is 0 Å².